The van der Waals surface area contributed by atoms with Crippen molar-refractivity contribution in [3.8, 4) is 5.75 Å². The van der Waals surface area contributed by atoms with Gasteiger partial charge in [0.25, 0.3) is 0 Å². The molecule has 0 saturated heterocycles. The number of nitrogens with zero attached hydrogens (tertiary/aromatic N) is 1. The molecule has 2 aromatic rings. The van der Waals surface area contributed by atoms with Gasteiger partial charge in [0.15, 0.2) is 0 Å². The van der Waals surface area contributed by atoms with Gasteiger partial charge >= 0.3 is 5.97 Å². The second-order valence-corrected chi connectivity index (χ2v) is 5.21. The summed E-state index contributed by atoms with van der Waals surface area (Å²) in [6.07, 6.45) is 3.85. The van der Waals surface area contributed by atoms with Crippen LogP contribution >= 0.6 is 0 Å². The summed E-state index contributed by atoms with van der Waals surface area (Å²) in [6, 6.07) is 9.07. The fourth-order valence-corrected chi connectivity index (χ4v) is 2.64. The van der Waals surface area contributed by atoms with Gasteiger partial charge in [-0.3, -0.25) is 4.98 Å². The zero-order chi connectivity index (χ0) is 15.5. The van der Waals surface area contributed by atoms with Crippen LogP contribution in [0.3, 0.4) is 0 Å². The average Bonchev–Trinajstić information content (AvgIpc) is 2.55. The Morgan fingerprint density at radius 2 is 2.32 bits per heavy atom. The van der Waals surface area contributed by atoms with Crippen molar-refractivity contribution in [2.75, 3.05) is 6.61 Å². The molecular weight excluding hydrogens is 280 g/mol. The van der Waals surface area contributed by atoms with E-state index in [2.05, 4.69) is 4.98 Å². The monoisotopic (exact) mass is 298 g/mol. The van der Waals surface area contributed by atoms with Gasteiger partial charge in [0.05, 0.1) is 18.4 Å². The topological polar surface area (TPSA) is 74.4 Å². The number of rotatable bonds is 3. The summed E-state index contributed by atoms with van der Waals surface area (Å²) in [7, 11) is 0. The maximum absolute atomic E-state index is 11.8. The first-order valence-electron chi connectivity index (χ1n) is 7.32. The number of hydrogen-bond acceptors (Lipinski definition) is 5. The number of fused-ring (bicyclic) bond motifs is 1. The molecule has 0 radical (unpaired) electrons. The Balaban J connectivity index is 1.87. The fraction of sp³-hybridized carbons (Fsp3) is 0.294. The molecule has 22 heavy (non-hydrogen) atoms. The number of nitrogens with two attached hydrogens (primary N) is 1. The normalized spacial score (nSPS) is 19.9. The Kier molecular flexibility index (Phi) is 4.06. The summed E-state index contributed by atoms with van der Waals surface area (Å²) in [5.74, 6) is 0.374. The van der Waals surface area contributed by atoms with Crippen molar-refractivity contribution in [1.82, 2.24) is 4.98 Å². The van der Waals surface area contributed by atoms with E-state index in [0.29, 0.717) is 24.3 Å². The molecule has 5 heteroatoms. The van der Waals surface area contributed by atoms with E-state index < -0.39 is 0 Å². The highest BCUT2D eigenvalue weighted by atomic mass is 16.5. The van der Waals surface area contributed by atoms with E-state index in [1.807, 2.05) is 18.2 Å². The molecule has 1 aromatic carbocycles. The highest BCUT2D eigenvalue weighted by Crippen LogP contribution is 2.39. The quantitative estimate of drug-likeness (QED) is 0.882. The number of hydrogen-bond donors (Lipinski definition) is 1. The van der Waals surface area contributed by atoms with Crippen LogP contribution in [-0.4, -0.2) is 17.6 Å². The lowest BCUT2D eigenvalue weighted by atomic mass is 9.94. The van der Waals surface area contributed by atoms with Gasteiger partial charge in [-0.2, -0.15) is 0 Å². The molecule has 0 spiro atoms. The molecule has 3 rings (SSSR count). The zero-order valence-corrected chi connectivity index (χ0v) is 12.4. The van der Waals surface area contributed by atoms with Crippen molar-refractivity contribution in [2.24, 2.45) is 5.73 Å². The van der Waals surface area contributed by atoms with Crippen molar-refractivity contribution in [1.29, 1.82) is 0 Å². The number of esters is 1. The van der Waals surface area contributed by atoms with E-state index >= 15 is 0 Å². The number of benzene rings is 1. The van der Waals surface area contributed by atoms with Crippen molar-refractivity contribution in [3.05, 3.63) is 59.4 Å². The lowest BCUT2D eigenvalue weighted by Gasteiger charge is -2.30. The van der Waals surface area contributed by atoms with Gasteiger partial charge in [-0.15, -0.1) is 0 Å². The molecule has 2 atom stereocenters. The Morgan fingerprint density at radius 1 is 1.45 bits per heavy atom. The first-order valence-corrected chi connectivity index (χ1v) is 7.32. The first-order chi connectivity index (χ1) is 10.7. The molecule has 2 heterocycles. The fourth-order valence-electron chi connectivity index (χ4n) is 2.64. The molecule has 0 saturated carbocycles. The van der Waals surface area contributed by atoms with Gasteiger partial charge < -0.3 is 15.2 Å². The Labute approximate surface area is 129 Å². The predicted octanol–water partition coefficient (Wildman–Crippen LogP) is 2.78. The molecule has 0 fully saturated rings. The summed E-state index contributed by atoms with van der Waals surface area (Å²) < 4.78 is 11.0. The molecule has 1 aliphatic rings. The van der Waals surface area contributed by atoms with Gasteiger partial charge in [-0.25, -0.2) is 4.79 Å². The third-order valence-electron chi connectivity index (χ3n) is 3.72. The smallest absolute Gasteiger partial charge is 0.338 e. The summed E-state index contributed by atoms with van der Waals surface area (Å²) in [5.41, 5.74) is 8.62. The van der Waals surface area contributed by atoms with Crippen molar-refractivity contribution in [3.63, 3.8) is 0 Å². The summed E-state index contributed by atoms with van der Waals surface area (Å²) in [6.45, 7) is 2.14. The highest BCUT2D eigenvalue weighted by molar-refractivity contribution is 5.89. The van der Waals surface area contributed by atoms with Crippen LogP contribution in [0.4, 0.5) is 0 Å². The molecule has 0 amide bonds. The van der Waals surface area contributed by atoms with Crippen LogP contribution in [0.15, 0.2) is 42.7 Å². The van der Waals surface area contributed by atoms with Crippen LogP contribution < -0.4 is 10.5 Å². The standard InChI is InChI=1S/C17H18N2O3/c1-2-21-17(20)12-5-3-4-11(8-12)15-9-14(18)13-6-7-19-10-16(13)22-15/h3-8,10,14-15H,2,9,18H2,1H3/t14-,15-/m1/s1. The number of ether oxygens (including phenoxy) is 2. The molecule has 1 aliphatic heterocycles. The molecular formula is C17H18N2O3. The first kappa shape index (κ1) is 14.5. The van der Waals surface area contributed by atoms with Crippen molar-refractivity contribution in [2.45, 2.75) is 25.5 Å². The van der Waals surface area contributed by atoms with Gasteiger partial charge in [0, 0.05) is 24.2 Å². The van der Waals surface area contributed by atoms with E-state index in [9.17, 15) is 4.79 Å². The molecule has 0 unspecified atom stereocenters. The van der Waals surface area contributed by atoms with Crippen LogP contribution in [0, 0.1) is 0 Å². The van der Waals surface area contributed by atoms with E-state index in [1.165, 1.54) is 0 Å². The Bertz CT molecular complexity index is 687. The van der Waals surface area contributed by atoms with Crippen LogP contribution in [-0.2, 0) is 4.74 Å². The van der Waals surface area contributed by atoms with Crippen molar-refractivity contribution < 1.29 is 14.3 Å². The maximum Gasteiger partial charge on any atom is 0.338 e. The Morgan fingerprint density at radius 3 is 3.14 bits per heavy atom. The van der Waals surface area contributed by atoms with E-state index in [0.717, 1.165) is 11.1 Å². The van der Waals surface area contributed by atoms with E-state index in [-0.39, 0.29) is 18.1 Å². The van der Waals surface area contributed by atoms with Gasteiger partial charge in [-0.1, -0.05) is 12.1 Å². The average molecular weight is 298 g/mol. The van der Waals surface area contributed by atoms with Crippen LogP contribution in [0.25, 0.3) is 0 Å². The summed E-state index contributed by atoms with van der Waals surface area (Å²) >= 11 is 0. The van der Waals surface area contributed by atoms with Gasteiger partial charge in [0.1, 0.15) is 11.9 Å². The molecule has 0 aliphatic carbocycles. The predicted molar refractivity (Wildman–Crippen MR) is 81.5 cm³/mol. The Hall–Kier alpha value is -2.40. The largest absolute Gasteiger partial charge is 0.484 e. The highest BCUT2D eigenvalue weighted by Gasteiger charge is 2.27. The second-order valence-electron chi connectivity index (χ2n) is 5.21. The third kappa shape index (κ3) is 2.80. The van der Waals surface area contributed by atoms with Crippen LogP contribution in [0.1, 0.15) is 47.0 Å². The number of carbonyl (C=O) groups is 1. The minimum atomic E-state index is -0.327. The zero-order valence-electron chi connectivity index (χ0n) is 12.4. The maximum atomic E-state index is 11.8. The van der Waals surface area contributed by atoms with Crippen LogP contribution in [0.2, 0.25) is 0 Å². The second kappa shape index (κ2) is 6.15. The SMILES string of the molecule is CCOC(=O)c1cccc([C@H]2C[C@@H](N)c3ccncc3O2)c1. The molecule has 5 nitrogen and oxygen atoms in total. The van der Waals surface area contributed by atoms with E-state index in [1.54, 1.807) is 31.5 Å². The number of aromatic nitrogens is 1. The third-order valence-corrected chi connectivity index (χ3v) is 3.72. The van der Waals surface area contributed by atoms with E-state index in [4.69, 9.17) is 15.2 Å². The summed E-state index contributed by atoms with van der Waals surface area (Å²) in [4.78, 5) is 15.9. The minimum Gasteiger partial charge on any atom is -0.484 e. The molecule has 0 bridgehead atoms. The molecule has 2 N–H and O–H groups in total. The molecule has 1 aromatic heterocycles. The minimum absolute atomic E-state index is 0.108. The lowest BCUT2D eigenvalue weighted by Crippen LogP contribution is -2.24. The van der Waals surface area contributed by atoms with Gasteiger partial charge in [-0.05, 0) is 30.7 Å². The number of pyridine rings is 1. The van der Waals surface area contributed by atoms with Gasteiger partial charge in [0.2, 0.25) is 0 Å². The lowest BCUT2D eigenvalue weighted by molar-refractivity contribution is 0.0526. The van der Waals surface area contributed by atoms with Crippen LogP contribution in [0.5, 0.6) is 5.75 Å². The molecule has 114 valence electrons. The van der Waals surface area contributed by atoms with Crippen molar-refractivity contribution >= 4 is 5.97 Å². The number of carbonyl (C=O) groups excluding carboxylic acids is 1. The summed E-state index contributed by atoms with van der Waals surface area (Å²) in [5, 5.41) is 0.